The SMILES string of the molecule is COC(=O)c1ccccc1N(C)C1CCC(=O)CC1. The standard InChI is InChI=1S/C15H19NO3/c1-16(11-7-9-12(17)10-8-11)14-6-4-3-5-13(14)15(18)19-2/h3-6,11H,7-10H2,1-2H3. The molecule has 1 aliphatic rings. The summed E-state index contributed by atoms with van der Waals surface area (Å²) in [6.07, 6.45) is 2.97. The van der Waals surface area contributed by atoms with E-state index in [-0.39, 0.29) is 5.97 Å². The van der Waals surface area contributed by atoms with Crippen LogP contribution < -0.4 is 4.90 Å². The number of nitrogens with zero attached hydrogens (tertiary/aromatic N) is 1. The molecule has 0 bridgehead atoms. The van der Waals surface area contributed by atoms with E-state index in [0.29, 0.717) is 30.2 Å². The third-order valence-corrected chi connectivity index (χ3v) is 3.75. The van der Waals surface area contributed by atoms with Gasteiger partial charge >= 0.3 is 5.97 Å². The highest BCUT2D eigenvalue weighted by atomic mass is 16.5. The minimum atomic E-state index is -0.325. The van der Waals surface area contributed by atoms with Crippen LogP contribution in [0.1, 0.15) is 36.0 Å². The lowest BCUT2D eigenvalue weighted by Crippen LogP contribution is -2.36. The number of ketones is 1. The van der Waals surface area contributed by atoms with Gasteiger partial charge in [-0.25, -0.2) is 4.79 Å². The van der Waals surface area contributed by atoms with Gasteiger partial charge in [-0.05, 0) is 25.0 Å². The molecule has 1 aliphatic carbocycles. The van der Waals surface area contributed by atoms with Crippen LogP contribution in [-0.4, -0.2) is 32.0 Å². The van der Waals surface area contributed by atoms with Crippen LogP contribution in [0.25, 0.3) is 0 Å². The molecule has 19 heavy (non-hydrogen) atoms. The Balaban J connectivity index is 2.21. The minimum Gasteiger partial charge on any atom is -0.465 e. The Hall–Kier alpha value is -1.84. The second-order valence-electron chi connectivity index (χ2n) is 4.89. The average Bonchev–Trinajstić information content (AvgIpc) is 2.46. The summed E-state index contributed by atoms with van der Waals surface area (Å²) in [5.74, 6) is 0.0141. The molecule has 0 spiro atoms. The number of carbonyl (C=O) groups is 2. The molecule has 0 aliphatic heterocycles. The lowest BCUT2D eigenvalue weighted by atomic mass is 9.93. The number of hydrogen-bond acceptors (Lipinski definition) is 4. The fourth-order valence-corrected chi connectivity index (χ4v) is 2.57. The molecule has 0 N–H and O–H groups in total. The van der Waals surface area contributed by atoms with Gasteiger partial charge in [0.1, 0.15) is 5.78 Å². The molecule has 1 aromatic carbocycles. The number of hydrogen-bond donors (Lipinski definition) is 0. The number of rotatable bonds is 3. The molecule has 0 atom stereocenters. The number of methoxy groups -OCH3 is 1. The first-order valence-electron chi connectivity index (χ1n) is 6.55. The Morgan fingerprint density at radius 3 is 2.53 bits per heavy atom. The summed E-state index contributed by atoms with van der Waals surface area (Å²) >= 11 is 0. The maximum atomic E-state index is 11.8. The molecule has 1 fully saturated rings. The lowest BCUT2D eigenvalue weighted by molar-refractivity contribution is -0.120. The van der Waals surface area contributed by atoms with Crippen LogP contribution in [0, 0.1) is 0 Å². The van der Waals surface area contributed by atoms with Crippen LogP contribution >= 0.6 is 0 Å². The van der Waals surface area contributed by atoms with Crippen LogP contribution in [0.3, 0.4) is 0 Å². The maximum absolute atomic E-state index is 11.8. The van der Waals surface area contributed by atoms with Crippen molar-refractivity contribution in [3.8, 4) is 0 Å². The smallest absolute Gasteiger partial charge is 0.339 e. The Bertz CT molecular complexity index is 474. The van der Waals surface area contributed by atoms with Gasteiger partial charge in [-0.1, -0.05) is 12.1 Å². The average molecular weight is 261 g/mol. The zero-order valence-electron chi connectivity index (χ0n) is 11.4. The first kappa shape index (κ1) is 13.6. The molecular formula is C15H19NO3. The third-order valence-electron chi connectivity index (χ3n) is 3.75. The van der Waals surface area contributed by atoms with Gasteiger partial charge in [0.05, 0.1) is 18.4 Å². The number of anilines is 1. The van der Waals surface area contributed by atoms with Crippen LogP contribution in [0.5, 0.6) is 0 Å². The molecule has 1 saturated carbocycles. The number of para-hydroxylation sites is 1. The molecule has 2 rings (SSSR count). The molecule has 0 saturated heterocycles. The van der Waals surface area contributed by atoms with Gasteiger partial charge < -0.3 is 9.64 Å². The van der Waals surface area contributed by atoms with Gasteiger partial charge in [-0.15, -0.1) is 0 Å². The first-order chi connectivity index (χ1) is 9.13. The lowest BCUT2D eigenvalue weighted by Gasteiger charge is -2.33. The number of ether oxygens (including phenoxy) is 1. The summed E-state index contributed by atoms with van der Waals surface area (Å²) in [6, 6.07) is 7.73. The van der Waals surface area contributed by atoms with Crippen molar-refractivity contribution in [2.24, 2.45) is 0 Å². The van der Waals surface area contributed by atoms with Crippen molar-refractivity contribution in [1.29, 1.82) is 0 Å². The zero-order valence-corrected chi connectivity index (χ0v) is 11.4. The number of carbonyl (C=O) groups excluding carboxylic acids is 2. The molecular weight excluding hydrogens is 242 g/mol. The molecule has 0 heterocycles. The second-order valence-corrected chi connectivity index (χ2v) is 4.89. The van der Waals surface area contributed by atoms with E-state index in [4.69, 9.17) is 4.74 Å². The van der Waals surface area contributed by atoms with Crippen molar-refractivity contribution >= 4 is 17.4 Å². The molecule has 102 valence electrons. The summed E-state index contributed by atoms with van der Waals surface area (Å²) in [5.41, 5.74) is 1.44. The zero-order chi connectivity index (χ0) is 13.8. The quantitative estimate of drug-likeness (QED) is 0.784. The molecule has 0 amide bonds. The van der Waals surface area contributed by atoms with E-state index < -0.39 is 0 Å². The summed E-state index contributed by atoms with van der Waals surface area (Å²) < 4.78 is 4.81. The van der Waals surface area contributed by atoms with Gasteiger partial charge in [-0.3, -0.25) is 4.79 Å². The van der Waals surface area contributed by atoms with Crippen LogP contribution in [-0.2, 0) is 9.53 Å². The monoisotopic (exact) mass is 261 g/mol. The first-order valence-corrected chi connectivity index (χ1v) is 6.55. The van der Waals surface area contributed by atoms with Crippen molar-refractivity contribution in [3.05, 3.63) is 29.8 Å². The van der Waals surface area contributed by atoms with E-state index >= 15 is 0 Å². The fraction of sp³-hybridized carbons (Fsp3) is 0.467. The summed E-state index contributed by atoms with van der Waals surface area (Å²) in [4.78, 5) is 25.2. The van der Waals surface area contributed by atoms with E-state index in [0.717, 1.165) is 18.5 Å². The largest absolute Gasteiger partial charge is 0.465 e. The predicted molar refractivity (Wildman–Crippen MR) is 73.4 cm³/mol. The highest BCUT2D eigenvalue weighted by molar-refractivity contribution is 5.95. The van der Waals surface area contributed by atoms with Gasteiger partial charge in [-0.2, -0.15) is 0 Å². The van der Waals surface area contributed by atoms with E-state index in [2.05, 4.69) is 4.90 Å². The van der Waals surface area contributed by atoms with Gasteiger partial charge in [0.25, 0.3) is 0 Å². The Kier molecular flexibility index (Phi) is 4.20. The van der Waals surface area contributed by atoms with E-state index in [1.165, 1.54) is 7.11 Å². The summed E-state index contributed by atoms with van der Waals surface area (Å²) in [7, 11) is 3.36. The van der Waals surface area contributed by atoms with Crippen molar-refractivity contribution < 1.29 is 14.3 Å². The molecule has 0 radical (unpaired) electrons. The summed E-state index contributed by atoms with van der Waals surface area (Å²) in [6.45, 7) is 0. The van der Waals surface area contributed by atoms with Crippen LogP contribution in [0.15, 0.2) is 24.3 Å². The highest BCUT2D eigenvalue weighted by Crippen LogP contribution is 2.27. The number of benzene rings is 1. The van der Waals surface area contributed by atoms with Crippen molar-refractivity contribution in [3.63, 3.8) is 0 Å². The Labute approximate surface area is 113 Å². The Morgan fingerprint density at radius 1 is 1.26 bits per heavy atom. The van der Waals surface area contributed by atoms with Gasteiger partial charge in [0.2, 0.25) is 0 Å². The van der Waals surface area contributed by atoms with Gasteiger partial charge in [0.15, 0.2) is 0 Å². The molecule has 4 heteroatoms. The number of Topliss-reactive ketones (excluding diaryl/α,β-unsaturated/α-hetero) is 1. The predicted octanol–water partition coefficient (Wildman–Crippen LogP) is 2.42. The molecule has 4 nitrogen and oxygen atoms in total. The van der Waals surface area contributed by atoms with Crippen LogP contribution in [0.4, 0.5) is 5.69 Å². The maximum Gasteiger partial charge on any atom is 0.339 e. The highest BCUT2D eigenvalue weighted by Gasteiger charge is 2.24. The molecule has 0 unspecified atom stereocenters. The molecule has 0 aromatic heterocycles. The van der Waals surface area contributed by atoms with E-state index in [1.807, 2.05) is 25.2 Å². The van der Waals surface area contributed by atoms with Crippen LogP contribution in [0.2, 0.25) is 0 Å². The normalized spacial score (nSPS) is 16.2. The fourth-order valence-electron chi connectivity index (χ4n) is 2.57. The van der Waals surface area contributed by atoms with E-state index in [1.54, 1.807) is 6.07 Å². The van der Waals surface area contributed by atoms with E-state index in [9.17, 15) is 9.59 Å². The van der Waals surface area contributed by atoms with Crippen molar-refractivity contribution in [2.45, 2.75) is 31.7 Å². The van der Waals surface area contributed by atoms with Crippen molar-refractivity contribution in [2.75, 3.05) is 19.1 Å². The topological polar surface area (TPSA) is 46.6 Å². The molecule has 1 aromatic rings. The second kappa shape index (κ2) is 5.87. The Morgan fingerprint density at radius 2 is 1.89 bits per heavy atom. The third kappa shape index (κ3) is 2.95. The van der Waals surface area contributed by atoms with Gasteiger partial charge in [0, 0.05) is 25.9 Å². The minimum absolute atomic E-state index is 0.309. The summed E-state index contributed by atoms with van der Waals surface area (Å²) in [5, 5.41) is 0. The van der Waals surface area contributed by atoms with Crippen molar-refractivity contribution in [1.82, 2.24) is 0 Å². The number of esters is 1.